The summed E-state index contributed by atoms with van der Waals surface area (Å²) < 4.78 is 14.1. The third kappa shape index (κ3) is 7.15. The van der Waals surface area contributed by atoms with Gasteiger partial charge < -0.3 is 10.0 Å². The van der Waals surface area contributed by atoms with Crippen molar-refractivity contribution in [1.82, 2.24) is 9.80 Å². The number of hydrogen-bond acceptors (Lipinski definition) is 4. The molecule has 2 heterocycles. The van der Waals surface area contributed by atoms with Gasteiger partial charge in [-0.2, -0.15) is 0 Å². The molecule has 2 aromatic carbocycles. The first-order valence-electron chi connectivity index (χ1n) is 14.2. The Morgan fingerprint density at radius 1 is 1.00 bits per heavy atom. The lowest BCUT2D eigenvalue weighted by atomic mass is 9.80. The third-order valence-corrected chi connectivity index (χ3v) is 10.0. The van der Waals surface area contributed by atoms with Crippen molar-refractivity contribution >= 4 is 17.7 Å². The average Bonchev–Trinajstić information content (AvgIpc) is 3.28. The smallest absolute Gasteiger partial charge is 0.320 e. The Morgan fingerprint density at radius 3 is 2.46 bits per heavy atom. The van der Waals surface area contributed by atoms with Crippen molar-refractivity contribution in [3.05, 3.63) is 66.0 Å². The van der Waals surface area contributed by atoms with Gasteiger partial charge in [-0.15, -0.1) is 11.8 Å². The molecule has 200 valence electrons. The van der Waals surface area contributed by atoms with Gasteiger partial charge in [0.1, 0.15) is 11.9 Å². The summed E-state index contributed by atoms with van der Waals surface area (Å²) in [5, 5.41) is 10.1. The van der Waals surface area contributed by atoms with Crippen molar-refractivity contribution in [1.29, 1.82) is 0 Å². The molecule has 1 aliphatic carbocycles. The lowest BCUT2D eigenvalue weighted by Crippen LogP contribution is -2.43. The molecular weight excluding hydrogens is 483 g/mol. The number of carboxylic acids is 1. The van der Waals surface area contributed by atoms with Crippen LogP contribution in [0.5, 0.6) is 0 Å². The second-order valence-corrected chi connectivity index (χ2v) is 12.6. The van der Waals surface area contributed by atoms with Gasteiger partial charge in [-0.1, -0.05) is 49.6 Å². The van der Waals surface area contributed by atoms with E-state index in [4.69, 9.17) is 0 Å². The molecule has 2 aliphatic heterocycles. The number of aliphatic carboxylic acids is 1. The van der Waals surface area contributed by atoms with Gasteiger partial charge >= 0.3 is 5.97 Å². The summed E-state index contributed by atoms with van der Waals surface area (Å²) in [6.07, 6.45) is 8.03. The molecule has 0 radical (unpaired) electrons. The Kier molecular flexibility index (Phi) is 9.22. The standard InChI is InChI=1S/C31H41FN2O2S/c32-27-9-5-8-25(19-27)29-22-34(30(31(35)36)18-24-6-4-7-24)21-26(29)20-33-15-12-23(13-16-33)14-17-37-28-10-2-1-3-11-28/h1-3,5,8-11,19,23-24,26,29-30H,4,6-7,12-18,20-22H2,(H,35,36). The fourth-order valence-corrected chi connectivity index (χ4v) is 7.60. The summed E-state index contributed by atoms with van der Waals surface area (Å²) >= 11 is 1.96. The number of hydrogen-bond donors (Lipinski definition) is 1. The SMILES string of the molecule is O=C(O)C(CC1CCC1)N1CC(CN2CCC(CCSc3ccccc3)CC2)C(c2cccc(F)c2)C1. The van der Waals surface area contributed by atoms with Crippen molar-refractivity contribution < 1.29 is 14.3 Å². The molecule has 3 atom stereocenters. The summed E-state index contributed by atoms with van der Waals surface area (Å²) in [6.45, 7) is 4.69. The Morgan fingerprint density at radius 2 is 1.78 bits per heavy atom. The minimum Gasteiger partial charge on any atom is -0.480 e. The Labute approximate surface area is 225 Å². The van der Waals surface area contributed by atoms with E-state index < -0.39 is 12.0 Å². The van der Waals surface area contributed by atoms with Crippen molar-refractivity contribution in [2.45, 2.75) is 61.8 Å². The van der Waals surface area contributed by atoms with Crippen molar-refractivity contribution in [3.8, 4) is 0 Å². The highest BCUT2D eigenvalue weighted by Gasteiger charge is 2.41. The minimum absolute atomic E-state index is 0.180. The molecule has 3 fully saturated rings. The van der Waals surface area contributed by atoms with Crippen LogP contribution in [0.25, 0.3) is 0 Å². The molecule has 1 saturated carbocycles. The molecule has 6 heteroatoms. The zero-order chi connectivity index (χ0) is 25.6. The fourth-order valence-electron chi connectivity index (χ4n) is 6.56. The maximum Gasteiger partial charge on any atom is 0.320 e. The summed E-state index contributed by atoms with van der Waals surface area (Å²) in [6, 6.07) is 17.2. The van der Waals surface area contributed by atoms with Gasteiger partial charge in [0.25, 0.3) is 0 Å². The first kappa shape index (κ1) is 26.7. The van der Waals surface area contributed by atoms with Gasteiger partial charge in [-0.05, 0) is 92.1 Å². The molecule has 1 N–H and O–H groups in total. The van der Waals surface area contributed by atoms with Gasteiger partial charge in [0.15, 0.2) is 0 Å². The largest absolute Gasteiger partial charge is 0.480 e. The molecule has 2 aromatic rings. The predicted molar refractivity (Wildman–Crippen MR) is 149 cm³/mol. The quantitative estimate of drug-likeness (QED) is 0.346. The molecule has 37 heavy (non-hydrogen) atoms. The van der Waals surface area contributed by atoms with Gasteiger partial charge in [0.2, 0.25) is 0 Å². The highest BCUT2D eigenvalue weighted by atomic mass is 32.2. The van der Waals surface area contributed by atoms with Crippen molar-refractivity contribution in [3.63, 3.8) is 0 Å². The number of rotatable bonds is 11. The van der Waals surface area contributed by atoms with Crippen LogP contribution in [0.4, 0.5) is 4.39 Å². The number of carbonyl (C=O) groups is 1. The van der Waals surface area contributed by atoms with E-state index in [1.807, 2.05) is 17.8 Å². The topological polar surface area (TPSA) is 43.8 Å². The number of piperidine rings is 1. The van der Waals surface area contributed by atoms with E-state index >= 15 is 0 Å². The van der Waals surface area contributed by atoms with E-state index in [1.54, 1.807) is 12.1 Å². The monoisotopic (exact) mass is 524 g/mol. The molecule has 0 spiro atoms. The van der Waals surface area contributed by atoms with Crippen LogP contribution in [0.2, 0.25) is 0 Å². The zero-order valence-electron chi connectivity index (χ0n) is 21.8. The number of carboxylic acid groups (broad SMARTS) is 1. The maximum absolute atomic E-state index is 14.1. The summed E-state index contributed by atoms with van der Waals surface area (Å²) in [4.78, 5) is 18.4. The Balaban J connectivity index is 1.17. The number of nitrogens with zero attached hydrogens (tertiary/aromatic N) is 2. The normalized spacial score (nSPS) is 24.7. The number of benzene rings is 2. The molecular formula is C31H41FN2O2S. The molecule has 2 saturated heterocycles. The van der Waals surface area contributed by atoms with Gasteiger partial charge in [0, 0.05) is 30.4 Å². The first-order chi connectivity index (χ1) is 18.0. The predicted octanol–water partition coefficient (Wildman–Crippen LogP) is 6.38. The van der Waals surface area contributed by atoms with Crippen LogP contribution in [0.15, 0.2) is 59.5 Å². The molecule has 0 bridgehead atoms. The van der Waals surface area contributed by atoms with E-state index in [9.17, 15) is 14.3 Å². The highest BCUT2D eigenvalue weighted by molar-refractivity contribution is 7.99. The van der Waals surface area contributed by atoms with E-state index in [0.29, 0.717) is 18.4 Å². The number of halogens is 1. The second-order valence-electron chi connectivity index (χ2n) is 11.5. The van der Waals surface area contributed by atoms with Crippen LogP contribution in [-0.2, 0) is 4.79 Å². The Hall–Kier alpha value is -1.89. The van der Waals surface area contributed by atoms with Gasteiger partial charge in [-0.3, -0.25) is 9.69 Å². The summed E-state index contributed by atoms with van der Waals surface area (Å²) in [5.74, 6) is 2.12. The second kappa shape index (κ2) is 12.8. The van der Waals surface area contributed by atoms with Crippen LogP contribution in [0.3, 0.4) is 0 Å². The lowest BCUT2D eigenvalue weighted by Gasteiger charge is -2.35. The van der Waals surface area contributed by atoms with E-state index in [1.165, 1.54) is 42.4 Å². The number of likely N-dealkylation sites (tertiary alicyclic amines) is 2. The zero-order valence-corrected chi connectivity index (χ0v) is 22.6. The molecule has 5 rings (SSSR count). The van der Waals surface area contributed by atoms with Crippen molar-refractivity contribution in [2.24, 2.45) is 17.8 Å². The van der Waals surface area contributed by atoms with Crippen LogP contribution >= 0.6 is 11.8 Å². The molecule has 4 nitrogen and oxygen atoms in total. The summed E-state index contributed by atoms with van der Waals surface area (Å²) in [5.41, 5.74) is 1.02. The molecule has 0 aromatic heterocycles. The maximum atomic E-state index is 14.1. The van der Waals surface area contributed by atoms with E-state index in [-0.39, 0.29) is 11.7 Å². The average molecular weight is 525 g/mol. The minimum atomic E-state index is -0.695. The van der Waals surface area contributed by atoms with Crippen LogP contribution in [0, 0.1) is 23.6 Å². The lowest BCUT2D eigenvalue weighted by molar-refractivity contribution is -0.144. The van der Waals surface area contributed by atoms with E-state index in [0.717, 1.165) is 56.9 Å². The first-order valence-corrected chi connectivity index (χ1v) is 15.2. The third-order valence-electron chi connectivity index (χ3n) is 8.99. The molecule has 0 amide bonds. The van der Waals surface area contributed by atoms with Crippen molar-refractivity contribution in [2.75, 3.05) is 38.5 Å². The molecule has 3 aliphatic rings. The molecule has 3 unspecified atom stereocenters. The van der Waals surface area contributed by atoms with Gasteiger partial charge in [0.05, 0.1) is 0 Å². The highest BCUT2D eigenvalue weighted by Crippen LogP contribution is 2.38. The van der Waals surface area contributed by atoms with Crippen LogP contribution in [-0.4, -0.2) is 65.4 Å². The van der Waals surface area contributed by atoms with Crippen LogP contribution < -0.4 is 0 Å². The fraction of sp³-hybridized carbons (Fsp3) is 0.581. The van der Waals surface area contributed by atoms with Crippen LogP contribution in [0.1, 0.15) is 56.4 Å². The Bertz CT molecular complexity index is 1010. The van der Waals surface area contributed by atoms with E-state index in [2.05, 4.69) is 40.1 Å². The summed E-state index contributed by atoms with van der Waals surface area (Å²) in [7, 11) is 0. The number of thioether (sulfide) groups is 1. The van der Waals surface area contributed by atoms with Gasteiger partial charge in [-0.25, -0.2) is 4.39 Å².